The zero-order chi connectivity index (χ0) is 19.6. The molecule has 2 nitrogen and oxygen atoms in total. The van der Waals surface area contributed by atoms with Crippen LogP contribution in [0.25, 0.3) is 0 Å². The molecule has 152 valence electrons. The number of fused-ring (bicyclic) bond motifs is 4. The van der Waals surface area contributed by atoms with Gasteiger partial charge in [-0.1, -0.05) is 51.5 Å². The highest BCUT2D eigenvalue weighted by atomic mass is 16.3. The van der Waals surface area contributed by atoms with E-state index in [-0.39, 0.29) is 5.41 Å². The van der Waals surface area contributed by atoms with Gasteiger partial charge in [0, 0.05) is 13.2 Å². The lowest BCUT2D eigenvalue weighted by molar-refractivity contribution is 0.00943. The van der Waals surface area contributed by atoms with Crippen LogP contribution in [0.1, 0.15) is 72.6 Å². The van der Waals surface area contributed by atoms with Crippen LogP contribution in [0, 0.1) is 45.8 Å². The monoisotopic (exact) mass is 372 g/mol. The number of allylic oxidation sites excluding steroid dienone is 3. The predicted molar refractivity (Wildman–Crippen MR) is 111 cm³/mol. The summed E-state index contributed by atoms with van der Waals surface area (Å²) in [6, 6.07) is 0. The second-order valence-corrected chi connectivity index (χ2v) is 11.2. The van der Waals surface area contributed by atoms with Crippen molar-refractivity contribution in [2.75, 3.05) is 13.2 Å². The Bertz CT molecular complexity index is 647. The molecular weight excluding hydrogens is 332 g/mol. The summed E-state index contributed by atoms with van der Waals surface area (Å²) < 4.78 is 0. The number of hydrogen-bond donors (Lipinski definition) is 2. The minimum Gasteiger partial charge on any atom is -0.396 e. The van der Waals surface area contributed by atoms with Crippen molar-refractivity contribution in [3.05, 3.63) is 23.8 Å². The summed E-state index contributed by atoms with van der Waals surface area (Å²) in [7, 11) is 0. The van der Waals surface area contributed by atoms with Gasteiger partial charge in [0.2, 0.25) is 0 Å². The van der Waals surface area contributed by atoms with Gasteiger partial charge in [0.25, 0.3) is 0 Å². The minimum atomic E-state index is 0.249. The maximum Gasteiger partial charge on any atom is 0.0433 e. The molecule has 0 radical (unpaired) electrons. The Labute approximate surface area is 166 Å². The molecule has 0 aromatic heterocycles. The predicted octanol–water partition coefficient (Wildman–Crippen LogP) is 5.36. The average Bonchev–Trinajstić information content (AvgIpc) is 3.01. The highest BCUT2D eigenvalue weighted by Crippen LogP contribution is 2.79. The molecule has 0 aromatic carbocycles. The van der Waals surface area contributed by atoms with Crippen LogP contribution >= 0.6 is 0 Å². The molecule has 2 heteroatoms. The van der Waals surface area contributed by atoms with E-state index in [0.717, 1.165) is 18.8 Å². The molecule has 3 fully saturated rings. The Morgan fingerprint density at radius 1 is 1.11 bits per heavy atom. The Morgan fingerprint density at radius 2 is 1.85 bits per heavy atom. The summed E-state index contributed by atoms with van der Waals surface area (Å²) in [5.74, 6) is 3.36. The van der Waals surface area contributed by atoms with E-state index in [9.17, 15) is 10.2 Å². The van der Waals surface area contributed by atoms with E-state index in [1.165, 1.54) is 37.7 Å². The van der Waals surface area contributed by atoms with Crippen LogP contribution in [0.15, 0.2) is 23.8 Å². The lowest BCUT2D eigenvalue weighted by Crippen LogP contribution is -2.49. The summed E-state index contributed by atoms with van der Waals surface area (Å²) in [4.78, 5) is 0. The molecule has 4 rings (SSSR count). The van der Waals surface area contributed by atoms with Gasteiger partial charge < -0.3 is 10.2 Å². The fraction of sp³-hybridized carbons (Fsp3) is 0.840. The van der Waals surface area contributed by atoms with Crippen molar-refractivity contribution in [3.63, 3.8) is 0 Å². The highest BCUT2D eigenvalue weighted by Gasteiger charge is 2.72. The molecule has 1 spiro atoms. The van der Waals surface area contributed by atoms with Crippen LogP contribution in [0.4, 0.5) is 0 Å². The summed E-state index contributed by atoms with van der Waals surface area (Å²) >= 11 is 0. The van der Waals surface area contributed by atoms with Gasteiger partial charge in [0.1, 0.15) is 0 Å². The molecule has 3 saturated carbocycles. The lowest BCUT2D eigenvalue weighted by atomic mass is 9.47. The van der Waals surface area contributed by atoms with Crippen molar-refractivity contribution in [1.82, 2.24) is 0 Å². The highest BCUT2D eigenvalue weighted by molar-refractivity contribution is 5.48. The molecule has 7 atom stereocenters. The van der Waals surface area contributed by atoms with E-state index >= 15 is 0 Å². The second-order valence-electron chi connectivity index (χ2n) is 11.2. The third kappa shape index (κ3) is 2.65. The fourth-order valence-electron chi connectivity index (χ4n) is 8.39. The van der Waals surface area contributed by atoms with E-state index in [1.807, 2.05) is 0 Å². The Kier molecular flexibility index (Phi) is 4.71. The van der Waals surface area contributed by atoms with E-state index in [1.54, 1.807) is 5.57 Å². The van der Waals surface area contributed by atoms with Gasteiger partial charge in [-0.15, -0.1) is 0 Å². The van der Waals surface area contributed by atoms with Crippen LogP contribution in [-0.2, 0) is 0 Å². The molecule has 27 heavy (non-hydrogen) atoms. The minimum absolute atomic E-state index is 0.249. The van der Waals surface area contributed by atoms with Crippen molar-refractivity contribution in [2.45, 2.75) is 72.6 Å². The summed E-state index contributed by atoms with van der Waals surface area (Å²) in [5.41, 5.74) is 4.02. The molecule has 2 N–H and O–H groups in total. The average molecular weight is 373 g/mol. The number of hydrogen-bond acceptors (Lipinski definition) is 2. The fourth-order valence-corrected chi connectivity index (χ4v) is 8.39. The van der Waals surface area contributed by atoms with Gasteiger partial charge in [-0.25, -0.2) is 0 Å². The smallest absolute Gasteiger partial charge is 0.0433 e. The topological polar surface area (TPSA) is 40.5 Å². The third-order valence-corrected chi connectivity index (χ3v) is 9.64. The van der Waals surface area contributed by atoms with Gasteiger partial charge in [-0.05, 0) is 90.8 Å². The molecule has 0 heterocycles. The van der Waals surface area contributed by atoms with E-state index in [0.29, 0.717) is 47.7 Å². The first-order valence-corrected chi connectivity index (χ1v) is 11.4. The Balaban J connectivity index is 1.74. The first kappa shape index (κ1) is 19.7. The van der Waals surface area contributed by atoms with Gasteiger partial charge in [-0.3, -0.25) is 0 Å². The molecular formula is C25H40O2. The van der Waals surface area contributed by atoms with E-state index < -0.39 is 0 Å². The van der Waals surface area contributed by atoms with Crippen molar-refractivity contribution in [3.8, 4) is 0 Å². The molecule has 0 bridgehead atoms. The molecule has 0 saturated heterocycles. The van der Waals surface area contributed by atoms with Crippen LogP contribution < -0.4 is 0 Å². The number of aliphatic hydroxyl groups excluding tert-OH is 2. The Morgan fingerprint density at radius 3 is 2.52 bits per heavy atom. The lowest BCUT2D eigenvalue weighted by Gasteiger charge is -2.57. The van der Waals surface area contributed by atoms with Crippen LogP contribution in [-0.4, -0.2) is 23.4 Å². The van der Waals surface area contributed by atoms with Gasteiger partial charge >= 0.3 is 0 Å². The summed E-state index contributed by atoms with van der Waals surface area (Å²) in [6.45, 7) is 15.1. The normalized spacial score (nSPS) is 47.6. The first-order chi connectivity index (χ1) is 12.7. The summed E-state index contributed by atoms with van der Waals surface area (Å²) in [5, 5.41) is 19.1. The van der Waals surface area contributed by atoms with Crippen LogP contribution in [0.2, 0.25) is 0 Å². The second kappa shape index (κ2) is 6.46. The zero-order valence-corrected chi connectivity index (χ0v) is 17.9. The van der Waals surface area contributed by atoms with Crippen molar-refractivity contribution < 1.29 is 10.2 Å². The number of rotatable bonds is 5. The van der Waals surface area contributed by atoms with E-state index in [4.69, 9.17) is 0 Å². The molecule has 0 amide bonds. The van der Waals surface area contributed by atoms with E-state index in [2.05, 4.69) is 40.3 Å². The Hall–Kier alpha value is -0.600. The SMILES string of the molecule is C=C1C=C2C3(CCC(CCCO)C3)CC(CCO)C(C)C2(C)C2C1C2(C)C. The van der Waals surface area contributed by atoms with Crippen molar-refractivity contribution in [1.29, 1.82) is 0 Å². The quantitative estimate of drug-likeness (QED) is 0.682. The van der Waals surface area contributed by atoms with Gasteiger partial charge in [0.15, 0.2) is 0 Å². The number of aliphatic hydroxyl groups is 2. The molecule has 0 aromatic rings. The van der Waals surface area contributed by atoms with Gasteiger partial charge in [0.05, 0.1) is 0 Å². The summed E-state index contributed by atoms with van der Waals surface area (Å²) in [6.07, 6.45) is 10.7. The maximum atomic E-state index is 9.78. The largest absolute Gasteiger partial charge is 0.396 e. The van der Waals surface area contributed by atoms with Crippen LogP contribution in [0.3, 0.4) is 0 Å². The van der Waals surface area contributed by atoms with Crippen LogP contribution in [0.5, 0.6) is 0 Å². The maximum absolute atomic E-state index is 9.78. The van der Waals surface area contributed by atoms with Gasteiger partial charge in [-0.2, -0.15) is 0 Å². The molecule has 4 aliphatic rings. The molecule has 7 unspecified atom stereocenters. The van der Waals surface area contributed by atoms with Crippen molar-refractivity contribution >= 4 is 0 Å². The standard InChI is InChI=1S/C25H40O2/c1-16-13-20-24(5,22-21(16)23(22,3)4)17(2)19(9-12-27)15-25(20)10-8-18(14-25)7-6-11-26/h13,17-19,21-22,26-27H,1,6-12,14-15H2,2-5H3. The molecule has 0 aliphatic heterocycles. The van der Waals surface area contributed by atoms with Crippen molar-refractivity contribution in [2.24, 2.45) is 45.8 Å². The zero-order valence-electron chi connectivity index (χ0n) is 17.9. The third-order valence-electron chi connectivity index (χ3n) is 9.64. The first-order valence-electron chi connectivity index (χ1n) is 11.4. The molecule has 4 aliphatic carbocycles.